The van der Waals surface area contributed by atoms with Gasteiger partial charge in [0.1, 0.15) is 10.8 Å². The van der Waals surface area contributed by atoms with Gasteiger partial charge in [0, 0.05) is 19.3 Å². The largest absolute Gasteiger partial charge is 0.389 e. The van der Waals surface area contributed by atoms with Crippen molar-refractivity contribution in [3.63, 3.8) is 0 Å². The number of thiocarbonyl (C=S) groups is 1. The number of aryl methyl sites for hydroxylation is 2. The predicted octanol–water partition coefficient (Wildman–Crippen LogP) is 2.97. The molecule has 0 bridgehead atoms. The van der Waals surface area contributed by atoms with Crippen LogP contribution in [0.1, 0.15) is 22.4 Å². The van der Waals surface area contributed by atoms with Crippen molar-refractivity contribution in [2.24, 2.45) is 5.73 Å². The maximum atomic E-state index is 5.78. The molecule has 20 heavy (non-hydrogen) atoms. The van der Waals surface area contributed by atoms with Crippen LogP contribution in [-0.2, 0) is 6.54 Å². The van der Waals surface area contributed by atoms with Crippen LogP contribution in [0.5, 0.6) is 0 Å². The zero-order chi connectivity index (χ0) is 14.7. The third-order valence-corrected chi connectivity index (χ3v) is 3.40. The summed E-state index contributed by atoms with van der Waals surface area (Å²) in [6, 6.07) is 12.3. The number of hydrogen-bond donors (Lipinski definition) is 1. The summed E-state index contributed by atoms with van der Waals surface area (Å²) in [6.07, 6.45) is 0. The van der Waals surface area contributed by atoms with Gasteiger partial charge in [0.25, 0.3) is 0 Å². The third-order valence-electron chi connectivity index (χ3n) is 3.18. The van der Waals surface area contributed by atoms with Crippen LogP contribution in [0, 0.1) is 13.8 Å². The molecule has 0 amide bonds. The normalized spacial score (nSPS) is 10.3. The summed E-state index contributed by atoms with van der Waals surface area (Å²) in [6.45, 7) is 4.82. The monoisotopic (exact) mass is 285 g/mol. The second kappa shape index (κ2) is 6.01. The highest BCUT2D eigenvalue weighted by molar-refractivity contribution is 7.80. The Labute approximate surface area is 125 Å². The Kier molecular flexibility index (Phi) is 4.35. The fourth-order valence-electron chi connectivity index (χ4n) is 2.07. The van der Waals surface area contributed by atoms with Crippen molar-refractivity contribution in [1.82, 2.24) is 4.98 Å². The lowest BCUT2D eigenvalue weighted by Crippen LogP contribution is -2.23. The second-order valence-electron chi connectivity index (χ2n) is 5.03. The molecule has 0 fully saturated rings. The van der Waals surface area contributed by atoms with Crippen LogP contribution in [0.4, 0.5) is 5.82 Å². The van der Waals surface area contributed by atoms with E-state index in [0.29, 0.717) is 4.99 Å². The molecule has 1 heterocycles. The van der Waals surface area contributed by atoms with Crippen LogP contribution in [0.15, 0.2) is 36.4 Å². The van der Waals surface area contributed by atoms with Gasteiger partial charge in [0.2, 0.25) is 0 Å². The Bertz CT molecular complexity index is 620. The van der Waals surface area contributed by atoms with Gasteiger partial charge in [-0.25, -0.2) is 4.98 Å². The van der Waals surface area contributed by atoms with Gasteiger partial charge in [-0.15, -0.1) is 0 Å². The Morgan fingerprint density at radius 3 is 2.40 bits per heavy atom. The van der Waals surface area contributed by atoms with Crippen molar-refractivity contribution in [1.29, 1.82) is 0 Å². The maximum Gasteiger partial charge on any atom is 0.139 e. The number of benzene rings is 1. The molecule has 2 rings (SSSR count). The molecule has 0 radical (unpaired) electrons. The van der Waals surface area contributed by atoms with Crippen LogP contribution in [0.2, 0.25) is 0 Å². The SMILES string of the molecule is Cc1ccc(CN(C)c2nc(C)ccc2C(N)=S)cc1. The molecule has 0 saturated heterocycles. The first-order chi connectivity index (χ1) is 9.47. The minimum absolute atomic E-state index is 0.378. The summed E-state index contributed by atoms with van der Waals surface area (Å²) < 4.78 is 0. The number of pyridine rings is 1. The lowest BCUT2D eigenvalue weighted by atomic mass is 10.1. The zero-order valence-corrected chi connectivity index (χ0v) is 12.9. The van der Waals surface area contributed by atoms with E-state index in [2.05, 4.69) is 41.1 Å². The molecule has 1 aromatic carbocycles. The standard InChI is InChI=1S/C16H19N3S/c1-11-4-7-13(8-5-11)10-19(3)16-14(15(17)20)9-6-12(2)18-16/h4-9H,10H2,1-3H3,(H2,17,20). The molecule has 2 N–H and O–H groups in total. The van der Waals surface area contributed by atoms with Gasteiger partial charge in [-0.2, -0.15) is 0 Å². The molecular weight excluding hydrogens is 266 g/mol. The van der Waals surface area contributed by atoms with Gasteiger partial charge in [0.05, 0.1) is 5.56 Å². The highest BCUT2D eigenvalue weighted by atomic mass is 32.1. The minimum Gasteiger partial charge on any atom is -0.389 e. The van der Waals surface area contributed by atoms with Crippen LogP contribution in [0.25, 0.3) is 0 Å². The van der Waals surface area contributed by atoms with Crippen LogP contribution in [-0.4, -0.2) is 17.0 Å². The van der Waals surface area contributed by atoms with E-state index in [0.717, 1.165) is 23.6 Å². The summed E-state index contributed by atoms with van der Waals surface area (Å²) in [5.74, 6) is 0.832. The Morgan fingerprint density at radius 1 is 1.15 bits per heavy atom. The fourth-order valence-corrected chi connectivity index (χ4v) is 2.23. The molecule has 0 aliphatic rings. The van der Waals surface area contributed by atoms with Crippen molar-refractivity contribution in [3.05, 3.63) is 58.8 Å². The quantitative estimate of drug-likeness (QED) is 0.877. The molecule has 104 valence electrons. The van der Waals surface area contributed by atoms with Gasteiger partial charge in [-0.05, 0) is 31.5 Å². The van der Waals surface area contributed by atoms with Crippen molar-refractivity contribution in [3.8, 4) is 0 Å². The van der Waals surface area contributed by atoms with Crippen LogP contribution < -0.4 is 10.6 Å². The molecule has 2 aromatic rings. The maximum absolute atomic E-state index is 5.78. The number of nitrogens with zero attached hydrogens (tertiary/aromatic N) is 2. The number of hydrogen-bond acceptors (Lipinski definition) is 3. The van der Waals surface area contributed by atoms with Gasteiger partial charge in [-0.1, -0.05) is 42.0 Å². The number of anilines is 1. The minimum atomic E-state index is 0.378. The Morgan fingerprint density at radius 2 is 1.80 bits per heavy atom. The van der Waals surface area contributed by atoms with Crippen LogP contribution >= 0.6 is 12.2 Å². The van der Waals surface area contributed by atoms with Gasteiger partial charge >= 0.3 is 0 Å². The van der Waals surface area contributed by atoms with E-state index in [1.54, 1.807) is 0 Å². The third kappa shape index (κ3) is 3.33. The molecule has 0 spiro atoms. The number of nitrogens with two attached hydrogens (primary N) is 1. The van der Waals surface area contributed by atoms with E-state index in [1.165, 1.54) is 11.1 Å². The molecule has 0 aliphatic carbocycles. The molecule has 4 heteroatoms. The molecule has 0 saturated carbocycles. The Hall–Kier alpha value is -1.94. The summed E-state index contributed by atoms with van der Waals surface area (Å²) >= 11 is 5.10. The smallest absolute Gasteiger partial charge is 0.139 e. The Balaban J connectivity index is 2.28. The summed E-state index contributed by atoms with van der Waals surface area (Å²) in [5.41, 5.74) is 10.0. The topological polar surface area (TPSA) is 42.2 Å². The number of aromatic nitrogens is 1. The summed E-state index contributed by atoms with van der Waals surface area (Å²) in [5, 5.41) is 0. The van der Waals surface area contributed by atoms with Crippen molar-refractivity contribution >= 4 is 23.0 Å². The van der Waals surface area contributed by atoms with Gasteiger partial charge in [0.15, 0.2) is 0 Å². The molecule has 0 aliphatic heterocycles. The molecule has 0 unspecified atom stereocenters. The lowest BCUT2D eigenvalue weighted by molar-refractivity contribution is 0.890. The fraction of sp³-hybridized carbons (Fsp3) is 0.250. The molecule has 0 atom stereocenters. The highest BCUT2D eigenvalue weighted by Gasteiger charge is 2.12. The van der Waals surface area contributed by atoms with Crippen molar-refractivity contribution in [2.45, 2.75) is 20.4 Å². The summed E-state index contributed by atoms with van der Waals surface area (Å²) in [7, 11) is 2.00. The van der Waals surface area contributed by atoms with E-state index in [1.807, 2.05) is 26.1 Å². The van der Waals surface area contributed by atoms with Gasteiger partial charge < -0.3 is 10.6 Å². The van der Waals surface area contributed by atoms with Crippen molar-refractivity contribution in [2.75, 3.05) is 11.9 Å². The van der Waals surface area contributed by atoms with E-state index in [-0.39, 0.29) is 0 Å². The molecule has 1 aromatic heterocycles. The van der Waals surface area contributed by atoms with E-state index in [4.69, 9.17) is 18.0 Å². The van der Waals surface area contributed by atoms with Crippen LogP contribution in [0.3, 0.4) is 0 Å². The molecular formula is C16H19N3S. The van der Waals surface area contributed by atoms with Crippen molar-refractivity contribution < 1.29 is 0 Å². The lowest BCUT2D eigenvalue weighted by Gasteiger charge is -2.21. The first kappa shape index (κ1) is 14.5. The first-order valence-electron chi connectivity index (χ1n) is 6.51. The van der Waals surface area contributed by atoms with E-state index >= 15 is 0 Å². The number of rotatable bonds is 4. The first-order valence-corrected chi connectivity index (χ1v) is 6.92. The summed E-state index contributed by atoms with van der Waals surface area (Å²) in [4.78, 5) is 7.02. The van der Waals surface area contributed by atoms with E-state index < -0.39 is 0 Å². The average molecular weight is 285 g/mol. The average Bonchev–Trinajstić information content (AvgIpc) is 2.41. The van der Waals surface area contributed by atoms with E-state index in [9.17, 15) is 0 Å². The zero-order valence-electron chi connectivity index (χ0n) is 12.1. The van der Waals surface area contributed by atoms with Gasteiger partial charge in [-0.3, -0.25) is 0 Å². The predicted molar refractivity (Wildman–Crippen MR) is 88.1 cm³/mol. The highest BCUT2D eigenvalue weighted by Crippen LogP contribution is 2.19. The second-order valence-corrected chi connectivity index (χ2v) is 5.47. The molecule has 3 nitrogen and oxygen atoms in total.